The van der Waals surface area contributed by atoms with E-state index < -0.39 is 0 Å². The lowest BCUT2D eigenvalue weighted by atomic mass is 10.3. The van der Waals surface area contributed by atoms with Crippen LogP contribution in [0.15, 0.2) is 18.3 Å². The van der Waals surface area contributed by atoms with Crippen LogP contribution in [0.5, 0.6) is 0 Å². The monoisotopic (exact) mass is 264 g/mol. The van der Waals surface area contributed by atoms with E-state index in [-0.39, 0.29) is 5.91 Å². The molecule has 0 atom stereocenters. The summed E-state index contributed by atoms with van der Waals surface area (Å²) in [6, 6.07) is 3.86. The molecule has 1 aromatic rings. The first-order valence-corrected chi connectivity index (χ1v) is 6.92. The zero-order valence-electron chi connectivity index (χ0n) is 12.1. The van der Waals surface area contributed by atoms with Crippen molar-refractivity contribution in [3.8, 4) is 0 Å². The largest absolute Gasteiger partial charge is 0.384 e. The lowest BCUT2D eigenvalue weighted by Gasteiger charge is -2.18. The Kier molecular flexibility index (Phi) is 6.71. The average molecular weight is 264 g/mol. The number of pyridine rings is 1. The Morgan fingerprint density at radius 2 is 2.00 bits per heavy atom. The van der Waals surface area contributed by atoms with Gasteiger partial charge in [0.15, 0.2) is 0 Å². The van der Waals surface area contributed by atoms with Gasteiger partial charge in [-0.3, -0.25) is 4.79 Å². The van der Waals surface area contributed by atoms with Crippen LogP contribution in [0.4, 0.5) is 11.5 Å². The fourth-order valence-electron chi connectivity index (χ4n) is 1.87. The molecule has 19 heavy (non-hydrogen) atoms. The van der Waals surface area contributed by atoms with Crippen molar-refractivity contribution in [2.24, 2.45) is 0 Å². The Morgan fingerprint density at radius 1 is 1.26 bits per heavy atom. The highest BCUT2D eigenvalue weighted by Crippen LogP contribution is 2.11. The van der Waals surface area contributed by atoms with Crippen molar-refractivity contribution >= 4 is 17.4 Å². The first kappa shape index (κ1) is 15.3. The van der Waals surface area contributed by atoms with Crippen LogP contribution in [0.1, 0.15) is 27.2 Å². The van der Waals surface area contributed by atoms with Gasteiger partial charge in [-0.2, -0.15) is 0 Å². The summed E-state index contributed by atoms with van der Waals surface area (Å²) in [6.07, 6.45) is 2.27. The minimum Gasteiger partial charge on any atom is -0.384 e. The Balaban J connectivity index is 2.40. The van der Waals surface area contributed by atoms with Gasteiger partial charge < -0.3 is 15.5 Å². The van der Waals surface area contributed by atoms with E-state index in [0.29, 0.717) is 13.0 Å². The van der Waals surface area contributed by atoms with Crippen molar-refractivity contribution in [3.63, 3.8) is 0 Å². The maximum Gasteiger partial charge on any atom is 0.224 e. The predicted octanol–water partition coefficient (Wildman–Crippen LogP) is 2.18. The van der Waals surface area contributed by atoms with Crippen molar-refractivity contribution < 1.29 is 4.79 Å². The summed E-state index contributed by atoms with van der Waals surface area (Å²) >= 11 is 0. The summed E-state index contributed by atoms with van der Waals surface area (Å²) in [5.41, 5.74) is 0.985. The van der Waals surface area contributed by atoms with Gasteiger partial charge in [0.1, 0.15) is 5.82 Å². The molecule has 0 saturated carbocycles. The van der Waals surface area contributed by atoms with Gasteiger partial charge in [-0.1, -0.05) is 0 Å². The second-order valence-electron chi connectivity index (χ2n) is 4.20. The van der Waals surface area contributed by atoms with E-state index in [9.17, 15) is 4.79 Å². The van der Waals surface area contributed by atoms with E-state index in [1.165, 1.54) is 0 Å². The predicted molar refractivity (Wildman–Crippen MR) is 79.4 cm³/mol. The number of amides is 1. The standard InChI is InChI=1S/C14H24N4O/c1-4-15-13-11-12(7-9-17-13)16-10-8-14(19)18(5-2)6-3/h7,9,11H,4-6,8,10H2,1-3H3,(H2,15,16,17). The summed E-state index contributed by atoms with van der Waals surface area (Å²) in [6.45, 7) is 9.07. The number of hydrogen-bond acceptors (Lipinski definition) is 4. The fourth-order valence-corrected chi connectivity index (χ4v) is 1.87. The second-order valence-corrected chi connectivity index (χ2v) is 4.20. The molecule has 1 heterocycles. The summed E-state index contributed by atoms with van der Waals surface area (Å²) < 4.78 is 0. The molecule has 1 rings (SSSR count). The number of carbonyl (C=O) groups excluding carboxylic acids is 1. The minimum atomic E-state index is 0.193. The molecule has 0 aliphatic rings. The first-order chi connectivity index (χ1) is 9.21. The number of nitrogens with zero attached hydrogens (tertiary/aromatic N) is 2. The van der Waals surface area contributed by atoms with E-state index >= 15 is 0 Å². The highest BCUT2D eigenvalue weighted by Gasteiger charge is 2.08. The van der Waals surface area contributed by atoms with Crippen molar-refractivity contribution in [2.75, 3.05) is 36.8 Å². The van der Waals surface area contributed by atoms with Gasteiger partial charge in [-0.05, 0) is 26.8 Å². The molecule has 2 N–H and O–H groups in total. The SMILES string of the molecule is CCNc1cc(NCCC(=O)N(CC)CC)ccn1. The molecule has 0 aliphatic carbocycles. The third-order valence-electron chi connectivity index (χ3n) is 2.90. The summed E-state index contributed by atoms with van der Waals surface area (Å²) in [4.78, 5) is 17.9. The second kappa shape index (κ2) is 8.34. The molecule has 0 radical (unpaired) electrons. The molecular weight excluding hydrogens is 240 g/mol. The fraction of sp³-hybridized carbons (Fsp3) is 0.571. The summed E-state index contributed by atoms with van der Waals surface area (Å²) in [5, 5.41) is 6.41. The Morgan fingerprint density at radius 3 is 2.63 bits per heavy atom. The lowest BCUT2D eigenvalue weighted by molar-refractivity contribution is -0.130. The van der Waals surface area contributed by atoms with Gasteiger partial charge in [0.25, 0.3) is 0 Å². The molecule has 0 aromatic carbocycles. The molecule has 0 aliphatic heterocycles. The molecule has 106 valence electrons. The van der Waals surface area contributed by atoms with Crippen LogP contribution in [-0.2, 0) is 4.79 Å². The topological polar surface area (TPSA) is 57.3 Å². The minimum absolute atomic E-state index is 0.193. The molecule has 1 amide bonds. The van der Waals surface area contributed by atoms with E-state index in [2.05, 4.69) is 15.6 Å². The Labute approximate surface area is 115 Å². The zero-order chi connectivity index (χ0) is 14.1. The molecule has 5 heteroatoms. The number of rotatable bonds is 8. The Hall–Kier alpha value is -1.78. The number of carbonyl (C=O) groups is 1. The van der Waals surface area contributed by atoms with E-state index in [0.717, 1.165) is 31.1 Å². The van der Waals surface area contributed by atoms with Crippen LogP contribution in [0.3, 0.4) is 0 Å². The van der Waals surface area contributed by atoms with Crippen molar-refractivity contribution in [1.82, 2.24) is 9.88 Å². The van der Waals surface area contributed by atoms with Crippen LogP contribution < -0.4 is 10.6 Å². The Bertz CT molecular complexity index is 391. The highest BCUT2D eigenvalue weighted by molar-refractivity contribution is 5.76. The van der Waals surface area contributed by atoms with Gasteiger partial charge in [-0.15, -0.1) is 0 Å². The maximum atomic E-state index is 11.8. The van der Waals surface area contributed by atoms with Crippen LogP contribution in [0.25, 0.3) is 0 Å². The van der Waals surface area contributed by atoms with Gasteiger partial charge in [0.2, 0.25) is 5.91 Å². The smallest absolute Gasteiger partial charge is 0.224 e. The van der Waals surface area contributed by atoms with Gasteiger partial charge >= 0.3 is 0 Å². The molecule has 5 nitrogen and oxygen atoms in total. The molecule has 0 fully saturated rings. The van der Waals surface area contributed by atoms with Gasteiger partial charge in [0.05, 0.1) is 0 Å². The summed E-state index contributed by atoms with van der Waals surface area (Å²) in [5.74, 6) is 1.04. The lowest BCUT2D eigenvalue weighted by Crippen LogP contribution is -2.31. The molecular formula is C14H24N4O. The molecule has 0 unspecified atom stereocenters. The van der Waals surface area contributed by atoms with Crippen LogP contribution >= 0.6 is 0 Å². The normalized spacial score (nSPS) is 10.1. The van der Waals surface area contributed by atoms with E-state index in [1.54, 1.807) is 6.20 Å². The average Bonchev–Trinajstić information content (AvgIpc) is 2.41. The maximum absolute atomic E-state index is 11.8. The number of anilines is 2. The van der Waals surface area contributed by atoms with E-state index in [4.69, 9.17) is 0 Å². The van der Waals surface area contributed by atoms with Gasteiger partial charge in [0, 0.05) is 50.6 Å². The van der Waals surface area contributed by atoms with Crippen molar-refractivity contribution in [3.05, 3.63) is 18.3 Å². The molecule has 1 aromatic heterocycles. The van der Waals surface area contributed by atoms with Crippen LogP contribution in [-0.4, -0.2) is 42.0 Å². The van der Waals surface area contributed by atoms with Crippen molar-refractivity contribution in [1.29, 1.82) is 0 Å². The van der Waals surface area contributed by atoms with Crippen LogP contribution in [0, 0.1) is 0 Å². The first-order valence-electron chi connectivity index (χ1n) is 6.92. The van der Waals surface area contributed by atoms with Gasteiger partial charge in [-0.25, -0.2) is 4.98 Å². The highest BCUT2D eigenvalue weighted by atomic mass is 16.2. The quantitative estimate of drug-likeness (QED) is 0.755. The molecule has 0 bridgehead atoms. The number of aromatic nitrogens is 1. The number of nitrogens with one attached hydrogen (secondary N) is 2. The molecule has 0 spiro atoms. The van der Waals surface area contributed by atoms with Crippen molar-refractivity contribution in [2.45, 2.75) is 27.2 Å². The third-order valence-corrected chi connectivity index (χ3v) is 2.90. The summed E-state index contributed by atoms with van der Waals surface area (Å²) in [7, 11) is 0. The number of hydrogen-bond donors (Lipinski definition) is 2. The van der Waals surface area contributed by atoms with Crippen LogP contribution in [0.2, 0.25) is 0 Å². The zero-order valence-corrected chi connectivity index (χ0v) is 12.1. The third kappa shape index (κ3) is 5.16. The molecule has 0 saturated heterocycles. The van der Waals surface area contributed by atoms with E-state index in [1.807, 2.05) is 37.8 Å².